The minimum Gasteiger partial charge on any atom is -0.381 e. The number of hydrogen-bond donors (Lipinski definition) is 0. The molecule has 0 aliphatic carbocycles. The second-order valence-corrected chi connectivity index (χ2v) is 8.05. The van der Waals surface area contributed by atoms with Gasteiger partial charge in [0.2, 0.25) is 0 Å². The van der Waals surface area contributed by atoms with Crippen LogP contribution in [-0.2, 0) is 14.9 Å². The maximum absolute atomic E-state index is 12.5. The van der Waals surface area contributed by atoms with Crippen molar-refractivity contribution in [3.8, 4) is 0 Å². The first-order chi connectivity index (χ1) is 9.12. The molecule has 0 unspecified atom stereocenters. The van der Waals surface area contributed by atoms with Gasteiger partial charge in [-0.25, -0.2) is 0 Å². The van der Waals surface area contributed by atoms with E-state index in [1.807, 2.05) is 0 Å². The molecule has 0 N–H and O–H groups in total. The van der Waals surface area contributed by atoms with Gasteiger partial charge in [0, 0.05) is 39.4 Å². The molecule has 0 radical (unpaired) electrons. The Hall–Kier alpha value is -0.170. The van der Waals surface area contributed by atoms with Crippen molar-refractivity contribution in [2.45, 2.75) is 38.5 Å². The summed E-state index contributed by atoms with van der Waals surface area (Å²) < 4.78 is 33.8. The van der Waals surface area contributed by atoms with Crippen LogP contribution in [0.1, 0.15) is 38.5 Å². The lowest BCUT2D eigenvalue weighted by atomic mass is 9.73. The van der Waals surface area contributed by atoms with Gasteiger partial charge in [-0.1, -0.05) is 0 Å². The van der Waals surface area contributed by atoms with E-state index in [-0.39, 0.29) is 0 Å². The van der Waals surface area contributed by atoms with Gasteiger partial charge in [-0.3, -0.25) is 0 Å². The van der Waals surface area contributed by atoms with Gasteiger partial charge in [-0.2, -0.15) is 17.0 Å². The number of ether oxygens (including phenoxy) is 1. The molecule has 0 aromatic rings. The highest BCUT2D eigenvalue weighted by Gasteiger charge is 2.41. The summed E-state index contributed by atoms with van der Waals surface area (Å²) in [6, 6.07) is 0. The highest BCUT2D eigenvalue weighted by molar-refractivity contribution is 7.86. The van der Waals surface area contributed by atoms with E-state index in [9.17, 15) is 8.42 Å². The quantitative estimate of drug-likeness (QED) is 0.767. The van der Waals surface area contributed by atoms with E-state index in [1.165, 1.54) is 0 Å². The monoisotopic (exact) mass is 288 g/mol. The normalized spacial score (nSPS) is 29.9. The van der Waals surface area contributed by atoms with Crippen LogP contribution in [0.5, 0.6) is 0 Å². The standard InChI is InChI=1S/C13H24N2O3S/c16-19(17,14-7-1-2-8-14)15-9-3-13(4-10-15)5-11-18-12-6-13/h1-12H2. The largest absolute Gasteiger partial charge is 0.381 e. The molecule has 0 bridgehead atoms. The Kier molecular flexibility index (Phi) is 3.86. The summed E-state index contributed by atoms with van der Waals surface area (Å²) in [7, 11) is -3.18. The van der Waals surface area contributed by atoms with Gasteiger partial charge in [-0.05, 0) is 43.9 Å². The van der Waals surface area contributed by atoms with Crippen LogP contribution in [0.3, 0.4) is 0 Å². The van der Waals surface area contributed by atoms with Crippen molar-refractivity contribution in [3.63, 3.8) is 0 Å². The first-order valence-corrected chi connectivity index (χ1v) is 8.85. The summed E-state index contributed by atoms with van der Waals surface area (Å²) in [5, 5.41) is 0. The van der Waals surface area contributed by atoms with Crippen molar-refractivity contribution in [2.75, 3.05) is 39.4 Å². The fourth-order valence-corrected chi connectivity index (χ4v) is 5.27. The van der Waals surface area contributed by atoms with Gasteiger partial charge >= 0.3 is 0 Å². The molecule has 3 aliphatic heterocycles. The van der Waals surface area contributed by atoms with Gasteiger partial charge in [0.05, 0.1) is 0 Å². The van der Waals surface area contributed by atoms with Crippen LogP contribution in [0.15, 0.2) is 0 Å². The first-order valence-electron chi connectivity index (χ1n) is 7.45. The van der Waals surface area contributed by atoms with E-state index in [2.05, 4.69) is 0 Å². The Morgan fingerprint density at radius 2 is 1.32 bits per heavy atom. The summed E-state index contributed by atoms with van der Waals surface area (Å²) in [6.45, 7) is 4.49. The van der Waals surface area contributed by atoms with Gasteiger partial charge in [0.1, 0.15) is 0 Å². The minimum absolute atomic E-state index is 0.356. The molecule has 6 heteroatoms. The van der Waals surface area contributed by atoms with Crippen molar-refractivity contribution >= 4 is 10.2 Å². The third-order valence-corrected chi connectivity index (χ3v) is 7.09. The lowest BCUT2D eigenvalue weighted by Crippen LogP contribution is -2.49. The van der Waals surface area contributed by atoms with Crippen LogP contribution in [0.2, 0.25) is 0 Å². The van der Waals surface area contributed by atoms with Gasteiger partial charge < -0.3 is 4.74 Å². The summed E-state index contributed by atoms with van der Waals surface area (Å²) in [6.07, 6.45) is 6.23. The molecular formula is C13H24N2O3S. The molecule has 19 heavy (non-hydrogen) atoms. The second kappa shape index (κ2) is 5.31. The molecule has 0 atom stereocenters. The summed E-state index contributed by atoms with van der Waals surface area (Å²) in [5.41, 5.74) is 0.356. The van der Waals surface area contributed by atoms with Gasteiger partial charge in [-0.15, -0.1) is 0 Å². The van der Waals surface area contributed by atoms with Crippen LogP contribution >= 0.6 is 0 Å². The van der Waals surface area contributed by atoms with E-state index in [1.54, 1.807) is 8.61 Å². The van der Waals surface area contributed by atoms with E-state index >= 15 is 0 Å². The average molecular weight is 288 g/mol. The molecule has 0 aromatic heterocycles. The zero-order valence-corrected chi connectivity index (χ0v) is 12.3. The van der Waals surface area contributed by atoms with Crippen LogP contribution in [0.25, 0.3) is 0 Å². The zero-order chi connectivity index (χ0) is 13.3. The molecule has 0 amide bonds. The summed E-state index contributed by atoms with van der Waals surface area (Å²) >= 11 is 0. The molecule has 3 saturated heterocycles. The molecule has 3 heterocycles. The third kappa shape index (κ3) is 2.68. The van der Waals surface area contributed by atoms with Crippen molar-refractivity contribution in [3.05, 3.63) is 0 Å². The first kappa shape index (κ1) is 13.8. The molecule has 3 aliphatic rings. The number of piperidine rings is 1. The van der Waals surface area contributed by atoms with Crippen molar-refractivity contribution < 1.29 is 13.2 Å². The highest BCUT2D eigenvalue weighted by Crippen LogP contribution is 2.41. The number of rotatable bonds is 2. The predicted octanol–water partition coefficient (Wildman–Crippen LogP) is 1.22. The summed E-state index contributed by atoms with van der Waals surface area (Å²) in [4.78, 5) is 0. The molecule has 5 nitrogen and oxygen atoms in total. The van der Waals surface area contributed by atoms with Crippen LogP contribution in [-0.4, -0.2) is 56.4 Å². The molecule has 0 aromatic carbocycles. The Labute approximate surface area is 116 Å². The zero-order valence-electron chi connectivity index (χ0n) is 11.5. The van der Waals surface area contributed by atoms with Gasteiger partial charge in [0.25, 0.3) is 10.2 Å². The molecular weight excluding hydrogens is 264 g/mol. The fourth-order valence-electron chi connectivity index (χ4n) is 3.58. The number of hydrogen-bond acceptors (Lipinski definition) is 3. The molecule has 110 valence electrons. The van der Waals surface area contributed by atoms with Crippen molar-refractivity contribution in [1.29, 1.82) is 0 Å². The maximum atomic E-state index is 12.5. The van der Waals surface area contributed by atoms with E-state index in [0.717, 1.165) is 51.7 Å². The lowest BCUT2D eigenvalue weighted by molar-refractivity contribution is -0.0105. The molecule has 3 rings (SSSR count). The average Bonchev–Trinajstić information content (AvgIpc) is 2.95. The predicted molar refractivity (Wildman–Crippen MR) is 73.0 cm³/mol. The van der Waals surface area contributed by atoms with Crippen molar-refractivity contribution in [1.82, 2.24) is 8.61 Å². The lowest BCUT2D eigenvalue weighted by Gasteiger charge is -2.44. The second-order valence-electron chi connectivity index (χ2n) is 6.13. The minimum atomic E-state index is -3.18. The molecule has 0 saturated carbocycles. The Bertz CT molecular complexity index is 402. The van der Waals surface area contributed by atoms with Crippen LogP contribution in [0.4, 0.5) is 0 Å². The molecule has 3 fully saturated rings. The molecule has 1 spiro atoms. The fraction of sp³-hybridized carbons (Fsp3) is 1.00. The van der Waals surface area contributed by atoms with Crippen molar-refractivity contribution in [2.24, 2.45) is 5.41 Å². The van der Waals surface area contributed by atoms with E-state index in [0.29, 0.717) is 31.6 Å². The van der Waals surface area contributed by atoms with E-state index < -0.39 is 10.2 Å². The Morgan fingerprint density at radius 1 is 0.789 bits per heavy atom. The smallest absolute Gasteiger partial charge is 0.281 e. The maximum Gasteiger partial charge on any atom is 0.281 e. The van der Waals surface area contributed by atoms with E-state index in [4.69, 9.17) is 4.74 Å². The SMILES string of the molecule is O=S(=O)(N1CCCC1)N1CCC2(CCOCC2)CC1. The number of nitrogens with zero attached hydrogens (tertiary/aromatic N) is 2. The summed E-state index contributed by atoms with van der Waals surface area (Å²) in [5.74, 6) is 0. The Balaban J connectivity index is 1.63. The third-order valence-electron chi connectivity index (χ3n) is 5.05. The highest BCUT2D eigenvalue weighted by atomic mass is 32.2. The van der Waals surface area contributed by atoms with Gasteiger partial charge in [0.15, 0.2) is 0 Å². The topological polar surface area (TPSA) is 49.9 Å². The van der Waals surface area contributed by atoms with Crippen LogP contribution < -0.4 is 0 Å². The van der Waals surface area contributed by atoms with Crippen LogP contribution in [0, 0.1) is 5.41 Å². The Morgan fingerprint density at radius 3 is 1.89 bits per heavy atom.